The van der Waals surface area contributed by atoms with Gasteiger partial charge in [-0.15, -0.1) is 11.3 Å². The summed E-state index contributed by atoms with van der Waals surface area (Å²) in [5, 5.41) is 2.81. The highest BCUT2D eigenvalue weighted by molar-refractivity contribution is 7.21. The van der Waals surface area contributed by atoms with E-state index in [1.165, 1.54) is 16.9 Å². The molecular formula is C26H24N2O3S. The lowest BCUT2D eigenvalue weighted by Crippen LogP contribution is -2.25. The van der Waals surface area contributed by atoms with Crippen molar-refractivity contribution >= 4 is 33.4 Å². The Hall–Kier alpha value is -3.51. The number of nitrogens with zero attached hydrogens (tertiary/aromatic N) is 1. The summed E-state index contributed by atoms with van der Waals surface area (Å²) in [7, 11) is 0. The summed E-state index contributed by atoms with van der Waals surface area (Å²) in [5.41, 5.74) is 5.24. The van der Waals surface area contributed by atoms with Gasteiger partial charge in [-0.25, -0.2) is 0 Å². The van der Waals surface area contributed by atoms with E-state index in [0.29, 0.717) is 4.88 Å². The fourth-order valence-corrected chi connectivity index (χ4v) is 4.59. The molecule has 6 heteroatoms. The first-order chi connectivity index (χ1) is 15.7. The fourth-order valence-electron chi connectivity index (χ4n) is 3.53. The number of aryl methyl sites for hydroxylation is 1. The topological polar surface area (TPSA) is 68.3 Å². The molecule has 0 atom stereocenters. The highest BCUT2D eigenvalue weighted by atomic mass is 32.1. The zero-order valence-electron chi connectivity index (χ0n) is 17.8. The van der Waals surface area contributed by atoms with Crippen LogP contribution < -0.4 is 5.32 Å². The number of fused-ring (bicyclic) bond motifs is 1. The minimum atomic E-state index is -0.342. The lowest BCUT2D eigenvalue weighted by Gasteiger charge is -2.08. The van der Waals surface area contributed by atoms with Crippen LogP contribution in [0.4, 0.5) is 0 Å². The molecule has 4 aromatic rings. The summed E-state index contributed by atoms with van der Waals surface area (Å²) in [5.74, 6) is -0.552. The molecule has 0 aliphatic carbocycles. The van der Waals surface area contributed by atoms with Crippen molar-refractivity contribution < 1.29 is 14.3 Å². The Bertz CT molecular complexity index is 1230. The van der Waals surface area contributed by atoms with Crippen molar-refractivity contribution in [3.05, 3.63) is 88.9 Å². The first kappa shape index (κ1) is 21.7. The standard InChI is InChI=1S/C26H24N2O3S/c1-2-19-10-6-7-11-20(19)21-12-14-27-22-16-23(32-25(21)22)26(30)28-15-13-24(29)31-17-18-8-4-3-5-9-18/h3-12,14,16H,2,13,15,17H2,1H3,(H,28,30). The first-order valence-corrected chi connectivity index (χ1v) is 11.4. The van der Waals surface area contributed by atoms with Crippen molar-refractivity contribution in [1.29, 1.82) is 0 Å². The monoisotopic (exact) mass is 444 g/mol. The molecular weight excluding hydrogens is 420 g/mol. The second-order valence-electron chi connectivity index (χ2n) is 7.35. The molecule has 5 nitrogen and oxygen atoms in total. The van der Waals surface area contributed by atoms with E-state index in [9.17, 15) is 9.59 Å². The minimum Gasteiger partial charge on any atom is -0.461 e. The minimum absolute atomic E-state index is 0.122. The molecule has 2 aromatic carbocycles. The Morgan fingerprint density at radius 3 is 2.59 bits per heavy atom. The number of hydrogen-bond acceptors (Lipinski definition) is 5. The number of pyridine rings is 1. The third-order valence-electron chi connectivity index (χ3n) is 5.18. The molecule has 1 amide bonds. The van der Waals surface area contributed by atoms with Gasteiger partial charge in [-0.3, -0.25) is 14.6 Å². The van der Waals surface area contributed by atoms with Crippen molar-refractivity contribution in [3.63, 3.8) is 0 Å². The number of nitrogens with one attached hydrogen (secondary N) is 1. The van der Waals surface area contributed by atoms with Gasteiger partial charge in [-0.2, -0.15) is 0 Å². The van der Waals surface area contributed by atoms with Crippen LogP contribution in [0.15, 0.2) is 72.9 Å². The smallest absolute Gasteiger partial charge is 0.307 e. The maximum absolute atomic E-state index is 12.7. The third-order valence-corrected chi connectivity index (χ3v) is 6.34. The van der Waals surface area contributed by atoms with E-state index in [4.69, 9.17) is 4.74 Å². The van der Waals surface area contributed by atoms with Crippen LogP contribution in [-0.4, -0.2) is 23.4 Å². The normalized spacial score (nSPS) is 10.8. The number of amides is 1. The number of benzene rings is 2. The number of hydrogen-bond donors (Lipinski definition) is 1. The molecule has 1 N–H and O–H groups in total. The SMILES string of the molecule is CCc1ccccc1-c1ccnc2cc(C(=O)NCCC(=O)OCc3ccccc3)sc12. The third kappa shape index (κ3) is 5.03. The van der Waals surface area contributed by atoms with Crippen molar-refractivity contribution in [2.45, 2.75) is 26.4 Å². The van der Waals surface area contributed by atoms with Crippen LogP contribution in [0.3, 0.4) is 0 Å². The van der Waals surface area contributed by atoms with E-state index in [0.717, 1.165) is 33.3 Å². The van der Waals surface area contributed by atoms with Crippen LogP contribution in [0.2, 0.25) is 0 Å². The van der Waals surface area contributed by atoms with Gasteiger partial charge >= 0.3 is 5.97 Å². The summed E-state index contributed by atoms with van der Waals surface area (Å²) >= 11 is 1.42. The second kappa shape index (κ2) is 10.2. The predicted octanol–water partition coefficient (Wildman–Crippen LogP) is 5.39. The van der Waals surface area contributed by atoms with Crippen LogP contribution in [0, 0.1) is 0 Å². The number of carbonyl (C=O) groups excluding carboxylic acids is 2. The maximum Gasteiger partial charge on any atom is 0.307 e. The van der Waals surface area contributed by atoms with E-state index < -0.39 is 0 Å². The van der Waals surface area contributed by atoms with Gasteiger partial charge in [0, 0.05) is 18.3 Å². The molecule has 162 valence electrons. The number of rotatable bonds is 8. The van der Waals surface area contributed by atoms with Crippen LogP contribution in [-0.2, 0) is 22.6 Å². The zero-order chi connectivity index (χ0) is 22.3. The Labute approximate surface area is 191 Å². The largest absolute Gasteiger partial charge is 0.461 e. The fraction of sp³-hybridized carbons (Fsp3) is 0.192. The highest BCUT2D eigenvalue weighted by Gasteiger charge is 2.15. The number of aromatic nitrogens is 1. The van der Waals surface area contributed by atoms with Gasteiger partial charge < -0.3 is 10.1 Å². The first-order valence-electron chi connectivity index (χ1n) is 10.6. The van der Waals surface area contributed by atoms with E-state index in [2.05, 4.69) is 29.4 Å². The van der Waals surface area contributed by atoms with Crippen molar-refractivity contribution in [2.75, 3.05) is 6.54 Å². The van der Waals surface area contributed by atoms with Gasteiger partial charge in [0.05, 0.1) is 21.5 Å². The molecule has 0 bridgehead atoms. The van der Waals surface area contributed by atoms with Crippen molar-refractivity contribution in [3.8, 4) is 11.1 Å². The van der Waals surface area contributed by atoms with Crippen LogP contribution in [0.5, 0.6) is 0 Å². The van der Waals surface area contributed by atoms with Crippen LogP contribution >= 0.6 is 11.3 Å². The number of esters is 1. The second-order valence-corrected chi connectivity index (χ2v) is 8.40. The summed E-state index contributed by atoms with van der Waals surface area (Å²) in [4.78, 5) is 29.6. The van der Waals surface area contributed by atoms with E-state index in [-0.39, 0.29) is 31.4 Å². The Morgan fingerprint density at radius 1 is 1.00 bits per heavy atom. The van der Waals surface area contributed by atoms with Crippen molar-refractivity contribution in [1.82, 2.24) is 10.3 Å². The molecule has 0 spiro atoms. The lowest BCUT2D eigenvalue weighted by molar-refractivity contribution is -0.144. The predicted molar refractivity (Wildman–Crippen MR) is 128 cm³/mol. The van der Waals surface area contributed by atoms with Gasteiger partial charge in [0.1, 0.15) is 6.61 Å². The van der Waals surface area contributed by atoms with Gasteiger partial charge in [0.15, 0.2) is 0 Å². The number of carbonyl (C=O) groups is 2. The maximum atomic E-state index is 12.7. The van der Waals surface area contributed by atoms with Gasteiger partial charge in [-0.05, 0) is 35.2 Å². The highest BCUT2D eigenvalue weighted by Crippen LogP contribution is 2.35. The molecule has 0 aliphatic rings. The summed E-state index contributed by atoms with van der Waals surface area (Å²) in [6.07, 6.45) is 2.83. The average Bonchev–Trinajstić information content (AvgIpc) is 3.28. The van der Waals surface area contributed by atoms with E-state index >= 15 is 0 Å². The molecule has 4 rings (SSSR count). The molecule has 0 saturated carbocycles. The average molecular weight is 445 g/mol. The molecule has 2 aromatic heterocycles. The Morgan fingerprint density at radius 2 is 1.78 bits per heavy atom. The van der Waals surface area contributed by atoms with Crippen molar-refractivity contribution in [2.24, 2.45) is 0 Å². The summed E-state index contributed by atoms with van der Waals surface area (Å²) in [6.45, 7) is 2.59. The molecule has 2 heterocycles. The quantitative estimate of drug-likeness (QED) is 0.370. The molecule has 0 saturated heterocycles. The van der Waals surface area contributed by atoms with Crippen LogP contribution in [0.25, 0.3) is 21.3 Å². The van der Waals surface area contributed by atoms with Gasteiger partial charge in [0.25, 0.3) is 5.91 Å². The molecule has 0 aliphatic heterocycles. The summed E-state index contributed by atoms with van der Waals surface area (Å²) in [6, 6.07) is 21.6. The number of ether oxygens (including phenoxy) is 1. The molecule has 0 unspecified atom stereocenters. The molecule has 0 radical (unpaired) electrons. The van der Waals surface area contributed by atoms with Gasteiger partial charge in [-0.1, -0.05) is 61.5 Å². The Kier molecular flexibility index (Phi) is 6.92. The molecule has 32 heavy (non-hydrogen) atoms. The molecule has 0 fully saturated rings. The lowest BCUT2D eigenvalue weighted by atomic mass is 9.99. The van der Waals surface area contributed by atoms with E-state index in [1.54, 1.807) is 12.3 Å². The van der Waals surface area contributed by atoms with Gasteiger partial charge in [0.2, 0.25) is 0 Å². The van der Waals surface area contributed by atoms with E-state index in [1.807, 2.05) is 48.5 Å². The number of thiophene rings is 1. The Balaban J connectivity index is 1.39. The van der Waals surface area contributed by atoms with Crippen LogP contribution in [0.1, 0.15) is 34.1 Å². The summed E-state index contributed by atoms with van der Waals surface area (Å²) < 4.78 is 6.24. The zero-order valence-corrected chi connectivity index (χ0v) is 18.7.